The predicted octanol–water partition coefficient (Wildman–Crippen LogP) is 1.74. The summed E-state index contributed by atoms with van der Waals surface area (Å²) in [6.45, 7) is 4.19. The third-order valence-electron chi connectivity index (χ3n) is 4.78. The van der Waals surface area contributed by atoms with Gasteiger partial charge in [0.05, 0.1) is 12.0 Å². The topological polar surface area (TPSA) is 49.9 Å². The van der Waals surface area contributed by atoms with Gasteiger partial charge in [0.2, 0.25) is 5.91 Å². The maximum atomic E-state index is 12.7. The van der Waals surface area contributed by atoms with Crippen molar-refractivity contribution in [3.8, 4) is 0 Å². The fourth-order valence-corrected chi connectivity index (χ4v) is 3.70. The second kappa shape index (κ2) is 5.54. The van der Waals surface area contributed by atoms with Crippen LogP contribution >= 0.6 is 0 Å². The molecule has 5 nitrogen and oxygen atoms in total. The average Bonchev–Trinajstić information content (AvgIpc) is 3.08. The van der Waals surface area contributed by atoms with Crippen molar-refractivity contribution < 1.29 is 14.4 Å². The minimum absolute atomic E-state index is 0.0420. The summed E-state index contributed by atoms with van der Waals surface area (Å²) in [7, 11) is 1.80. The number of amides is 2. The molecule has 0 aromatic heterocycles. The molecule has 1 saturated carbocycles. The van der Waals surface area contributed by atoms with Crippen LogP contribution in [0.15, 0.2) is 12.2 Å². The van der Waals surface area contributed by atoms with Gasteiger partial charge >= 0.3 is 0 Å². The number of hydroxylamine groups is 2. The van der Waals surface area contributed by atoms with Crippen molar-refractivity contribution in [2.45, 2.75) is 57.7 Å². The van der Waals surface area contributed by atoms with Crippen molar-refractivity contribution in [2.24, 2.45) is 11.8 Å². The molecule has 3 atom stereocenters. The normalized spacial score (nSPS) is 34.9. The smallest absolute Gasteiger partial charge is 0.261 e. The van der Waals surface area contributed by atoms with Crippen LogP contribution in [0.2, 0.25) is 0 Å². The number of imide groups is 1. The number of carbonyl (C=O) groups excluding carboxylic acids is 2. The van der Waals surface area contributed by atoms with E-state index < -0.39 is 6.10 Å². The Bertz CT molecular complexity index is 468. The largest absolute Gasteiger partial charge is 0.284 e. The number of hydrogen-bond donors (Lipinski definition) is 0. The molecule has 3 aliphatic rings. The first-order valence-electron chi connectivity index (χ1n) is 7.95. The van der Waals surface area contributed by atoms with Crippen LogP contribution in [-0.4, -0.2) is 47.0 Å². The van der Waals surface area contributed by atoms with Crippen LogP contribution in [0.5, 0.6) is 0 Å². The van der Waals surface area contributed by atoms with Gasteiger partial charge in [-0.05, 0) is 18.8 Å². The number of nitrogens with zero attached hydrogens (tertiary/aromatic N) is 2. The van der Waals surface area contributed by atoms with Crippen molar-refractivity contribution in [3.05, 3.63) is 12.2 Å². The van der Waals surface area contributed by atoms with E-state index in [9.17, 15) is 9.59 Å². The summed E-state index contributed by atoms with van der Waals surface area (Å²) in [4.78, 5) is 32.5. The minimum atomic E-state index is -0.620. The van der Waals surface area contributed by atoms with Crippen molar-refractivity contribution in [1.29, 1.82) is 0 Å². The molecule has 3 rings (SSSR count). The lowest BCUT2D eigenvalue weighted by molar-refractivity contribution is -0.168. The van der Waals surface area contributed by atoms with Gasteiger partial charge in [-0.1, -0.05) is 38.8 Å². The van der Waals surface area contributed by atoms with Gasteiger partial charge in [-0.3, -0.25) is 19.3 Å². The molecule has 5 heteroatoms. The Labute approximate surface area is 125 Å². The van der Waals surface area contributed by atoms with Gasteiger partial charge in [0.25, 0.3) is 5.91 Å². The Morgan fingerprint density at radius 1 is 1.19 bits per heavy atom. The maximum absolute atomic E-state index is 12.7. The Balaban J connectivity index is 1.83. The fourth-order valence-electron chi connectivity index (χ4n) is 3.70. The van der Waals surface area contributed by atoms with Crippen LogP contribution in [0, 0.1) is 11.8 Å². The third-order valence-corrected chi connectivity index (χ3v) is 4.78. The molecule has 116 valence electrons. The summed E-state index contributed by atoms with van der Waals surface area (Å²) in [5, 5.41) is 1.66. The highest BCUT2D eigenvalue weighted by atomic mass is 16.7. The van der Waals surface area contributed by atoms with Crippen LogP contribution < -0.4 is 0 Å². The molecule has 2 heterocycles. The zero-order valence-corrected chi connectivity index (χ0v) is 13.0. The lowest BCUT2D eigenvalue weighted by atomic mass is 9.95. The molecular formula is C16H24N2O3. The quantitative estimate of drug-likeness (QED) is 0.587. The SMILES string of the molecule is CC(C)/C=C/C1C2C(=O)N(C3CCCC3)C(=O)C2ON1C. The van der Waals surface area contributed by atoms with E-state index in [-0.39, 0.29) is 29.8 Å². The number of rotatable bonds is 3. The highest BCUT2D eigenvalue weighted by Crippen LogP contribution is 2.39. The van der Waals surface area contributed by atoms with Crippen molar-refractivity contribution >= 4 is 11.8 Å². The van der Waals surface area contributed by atoms with E-state index in [2.05, 4.69) is 19.9 Å². The molecule has 2 aliphatic heterocycles. The van der Waals surface area contributed by atoms with Gasteiger partial charge in [0, 0.05) is 13.1 Å². The van der Waals surface area contributed by atoms with E-state index in [4.69, 9.17) is 4.84 Å². The molecular weight excluding hydrogens is 268 g/mol. The number of carbonyl (C=O) groups is 2. The number of fused-ring (bicyclic) bond motifs is 1. The average molecular weight is 292 g/mol. The van der Waals surface area contributed by atoms with Crippen LogP contribution in [0.4, 0.5) is 0 Å². The molecule has 3 unspecified atom stereocenters. The van der Waals surface area contributed by atoms with Crippen molar-refractivity contribution in [3.63, 3.8) is 0 Å². The third kappa shape index (κ3) is 2.42. The van der Waals surface area contributed by atoms with Gasteiger partial charge in [-0.15, -0.1) is 0 Å². The number of allylic oxidation sites excluding steroid dienone is 1. The van der Waals surface area contributed by atoms with E-state index in [1.54, 1.807) is 12.1 Å². The molecule has 0 aromatic rings. The molecule has 21 heavy (non-hydrogen) atoms. The molecule has 0 aromatic carbocycles. The molecule has 3 fully saturated rings. The summed E-state index contributed by atoms with van der Waals surface area (Å²) in [5.74, 6) is -0.141. The lowest BCUT2D eigenvalue weighted by Crippen LogP contribution is -2.43. The fraction of sp³-hybridized carbons (Fsp3) is 0.750. The highest BCUT2D eigenvalue weighted by Gasteiger charge is 2.59. The van der Waals surface area contributed by atoms with Gasteiger partial charge in [-0.2, -0.15) is 5.06 Å². The van der Waals surface area contributed by atoms with Gasteiger partial charge in [-0.25, -0.2) is 0 Å². The summed E-state index contributed by atoms with van der Waals surface area (Å²) in [6.07, 6.45) is 7.56. The molecule has 2 amide bonds. The zero-order chi connectivity index (χ0) is 15.1. The Morgan fingerprint density at radius 2 is 1.86 bits per heavy atom. The molecule has 0 bridgehead atoms. The van der Waals surface area contributed by atoms with E-state index in [1.807, 2.05) is 6.08 Å². The van der Waals surface area contributed by atoms with E-state index in [1.165, 1.54) is 4.90 Å². The second-order valence-electron chi connectivity index (χ2n) is 6.70. The molecule has 0 N–H and O–H groups in total. The van der Waals surface area contributed by atoms with E-state index in [0.29, 0.717) is 5.92 Å². The van der Waals surface area contributed by atoms with E-state index in [0.717, 1.165) is 25.7 Å². The zero-order valence-electron chi connectivity index (χ0n) is 13.0. The maximum Gasteiger partial charge on any atom is 0.261 e. The van der Waals surface area contributed by atoms with Gasteiger partial charge in [0.1, 0.15) is 0 Å². The number of hydrogen-bond acceptors (Lipinski definition) is 4. The first kappa shape index (κ1) is 14.7. The summed E-state index contributed by atoms with van der Waals surface area (Å²) in [5.41, 5.74) is 0. The summed E-state index contributed by atoms with van der Waals surface area (Å²) in [6, 6.07) is -0.0421. The standard InChI is InChI=1S/C16H24N2O3/c1-10(2)8-9-12-13-14(21-17(12)3)16(20)18(15(13)19)11-6-4-5-7-11/h8-14H,4-7H2,1-3H3/b9-8+. The van der Waals surface area contributed by atoms with Gasteiger partial charge in [0.15, 0.2) is 6.10 Å². The van der Waals surface area contributed by atoms with Crippen molar-refractivity contribution in [1.82, 2.24) is 9.96 Å². The van der Waals surface area contributed by atoms with Crippen LogP contribution in [0.3, 0.4) is 0 Å². The van der Waals surface area contributed by atoms with Crippen LogP contribution in [0.25, 0.3) is 0 Å². The van der Waals surface area contributed by atoms with E-state index >= 15 is 0 Å². The Kier molecular flexibility index (Phi) is 3.88. The summed E-state index contributed by atoms with van der Waals surface area (Å²) >= 11 is 0. The first-order valence-corrected chi connectivity index (χ1v) is 7.95. The monoisotopic (exact) mass is 292 g/mol. The Morgan fingerprint density at radius 3 is 2.48 bits per heavy atom. The van der Waals surface area contributed by atoms with Gasteiger partial charge < -0.3 is 0 Å². The van der Waals surface area contributed by atoms with Crippen LogP contribution in [-0.2, 0) is 14.4 Å². The first-order chi connectivity index (χ1) is 10.0. The Hall–Kier alpha value is -1.20. The summed E-state index contributed by atoms with van der Waals surface area (Å²) < 4.78 is 0. The lowest BCUT2D eigenvalue weighted by Gasteiger charge is -2.25. The molecule has 0 spiro atoms. The molecule has 2 saturated heterocycles. The molecule has 0 radical (unpaired) electrons. The predicted molar refractivity (Wildman–Crippen MR) is 78.0 cm³/mol. The molecule has 1 aliphatic carbocycles. The number of likely N-dealkylation sites (N-methyl/N-ethyl adjacent to an activating group) is 1. The highest BCUT2D eigenvalue weighted by molar-refractivity contribution is 6.07. The second-order valence-corrected chi connectivity index (χ2v) is 6.70. The van der Waals surface area contributed by atoms with Crippen molar-refractivity contribution in [2.75, 3.05) is 7.05 Å². The number of likely N-dealkylation sites (tertiary alicyclic amines) is 1. The minimum Gasteiger partial charge on any atom is -0.284 e. The van der Waals surface area contributed by atoms with Crippen LogP contribution in [0.1, 0.15) is 39.5 Å².